The number of carbonyl (C=O) groups excluding carboxylic acids is 1. The molecule has 0 aromatic heterocycles. The first-order valence-electron chi connectivity index (χ1n) is 12.7. The smallest absolute Gasteiger partial charge is 0.174 e. The van der Waals surface area contributed by atoms with Crippen LogP contribution in [-0.4, -0.2) is 51.6 Å². The van der Waals surface area contributed by atoms with Gasteiger partial charge in [0.05, 0.1) is 29.8 Å². The first kappa shape index (κ1) is 33.3. The molecule has 1 heterocycles. The Hall–Kier alpha value is -1.71. The highest BCUT2D eigenvalue weighted by Crippen LogP contribution is 2.64. The molecule has 2 unspecified atom stereocenters. The number of Topliss-reactive ketones (excluding diaryl/α,β-unsaturated/α-hetero) is 1. The van der Waals surface area contributed by atoms with Gasteiger partial charge in [0.15, 0.2) is 5.78 Å². The van der Waals surface area contributed by atoms with Crippen LogP contribution in [0.25, 0.3) is 0 Å². The topological polar surface area (TPSA) is 87.0 Å². The lowest BCUT2D eigenvalue weighted by atomic mass is 9.44. The predicted octanol–water partition coefficient (Wildman–Crippen LogP) is 5.25. The lowest BCUT2D eigenvalue weighted by Gasteiger charge is -2.66. The Labute approximate surface area is 214 Å². The summed E-state index contributed by atoms with van der Waals surface area (Å²) in [6, 6.07) is 0. The molecule has 200 valence electrons. The maximum atomic E-state index is 13.6. The lowest BCUT2D eigenvalue weighted by molar-refractivity contribution is -0.286. The summed E-state index contributed by atoms with van der Waals surface area (Å²) in [7, 11) is 0. The Balaban J connectivity index is 0.00000115. The second-order valence-corrected chi connectivity index (χ2v) is 10.6. The Bertz CT molecular complexity index is 796. The van der Waals surface area contributed by atoms with E-state index < -0.39 is 28.6 Å². The third-order valence-electron chi connectivity index (χ3n) is 8.79. The minimum Gasteiger partial charge on any atom is -0.392 e. The SMILES string of the molecule is C#C.C=C.C=CC.CC.CC1=C2C(O)C(=O)[C@@]3(C)C(C[C@](O)(CC1)C2(C)C)[C@]1(C)CO[C@@H]1C[C@@H]3O. The second kappa shape index (κ2) is 12.5. The molecule has 4 rings (SSSR count). The van der Waals surface area contributed by atoms with Gasteiger partial charge in [-0.15, -0.1) is 32.6 Å². The molecule has 2 saturated carbocycles. The highest BCUT2D eigenvalue weighted by atomic mass is 16.5. The first-order valence-corrected chi connectivity index (χ1v) is 12.7. The number of allylic oxidation sites excluding steroid dienone is 2. The summed E-state index contributed by atoms with van der Waals surface area (Å²) >= 11 is 0. The molecule has 35 heavy (non-hydrogen) atoms. The Morgan fingerprint density at radius 1 is 1.11 bits per heavy atom. The van der Waals surface area contributed by atoms with Gasteiger partial charge in [-0.1, -0.05) is 46.3 Å². The van der Waals surface area contributed by atoms with Gasteiger partial charge in [0.1, 0.15) is 6.10 Å². The molecule has 0 aromatic rings. The monoisotopic (exact) mass is 490 g/mol. The average Bonchev–Trinajstić information content (AvgIpc) is 2.84. The largest absolute Gasteiger partial charge is 0.392 e. The normalized spacial score (nSPS) is 40.2. The van der Waals surface area contributed by atoms with Crippen molar-refractivity contribution in [3.8, 4) is 12.8 Å². The van der Waals surface area contributed by atoms with Gasteiger partial charge in [-0.2, -0.15) is 0 Å². The van der Waals surface area contributed by atoms with E-state index in [1.54, 1.807) is 13.0 Å². The van der Waals surface area contributed by atoms with Crippen molar-refractivity contribution in [3.63, 3.8) is 0 Å². The Morgan fingerprint density at radius 2 is 1.60 bits per heavy atom. The maximum absolute atomic E-state index is 13.6. The number of ketones is 1. The molecule has 3 N–H and O–H groups in total. The van der Waals surface area contributed by atoms with Crippen LogP contribution in [0.15, 0.2) is 37.0 Å². The fraction of sp³-hybridized carbons (Fsp3) is 0.700. The summed E-state index contributed by atoms with van der Waals surface area (Å²) < 4.78 is 5.72. The van der Waals surface area contributed by atoms with E-state index in [-0.39, 0.29) is 23.2 Å². The molecule has 4 aliphatic rings. The molecule has 0 amide bonds. The molecule has 3 aliphatic carbocycles. The van der Waals surface area contributed by atoms with Crippen LogP contribution in [0.3, 0.4) is 0 Å². The van der Waals surface area contributed by atoms with E-state index in [1.165, 1.54) is 0 Å². The molecule has 5 nitrogen and oxygen atoms in total. The third-order valence-corrected chi connectivity index (χ3v) is 8.79. The number of terminal acetylenes is 1. The van der Waals surface area contributed by atoms with Crippen molar-refractivity contribution in [2.75, 3.05) is 6.61 Å². The predicted molar refractivity (Wildman–Crippen MR) is 145 cm³/mol. The quantitative estimate of drug-likeness (QED) is 0.319. The number of hydrogen-bond donors (Lipinski definition) is 3. The van der Waals surface area contributed by atoms with Crippen molar-refractivity contribution in [1.29, 1.82) is 0 Å². The van der Waals surface area contributed by atoms with E-state index in [9.17, 15) is 20.1 Å². The van der Waals surface area contributed by atoms with E-state index in [4.69, 9.17) is 4.74 Å². The zero-order chi connectivity index (χ0) is 28.0. The van der Waals surface area contributed by atoms with Gasteiger partial charge in [0.2, 0.25) is 0 Å². The van der Waals surface area contributed by atoms with Crippen LogP contribution in [0.5, 0.6) is 0 Å². The molecule has 5 heteroatoms. The third kappa shape index (κ3) is 5.09. The van der Waals surface area contributed by atoms with Crippen molar-refractivity contribution < 1.29 is 24.9 Å². The van der Waals surface area contributed by atoms with Crippen LogP contribution in [0.2, 0.25) is 0 Å². The van der Waals surface area contributed by atoms with Crippen LogP contribution in [-0.2, 0) is 9.53 Å². The molecule has 1 saturated heterocycles. The molecule has 1 aliphatic heterocycles. The summed E-state index contributed by atoms with van der Waals surface area (Å²) in [5.74, 6) is -0.531. The van der Waals surface area contributed by atoms with Gasteiger partial charge in [-0.3, -0.25) is 4.79 Å². The molecule has 7 atom stereocenters. The molecule has 3 fully saturated rings. The van der Waals surface area contributed by atoms with E-state index in [0.29, 0.717) is 37.9 Å². The summed E-state index contributed by atoms with van der Waals surface area (Å²) in [6.45, 7) is 25.5. The first-order chi connectivity index (χ1) is 16.3. The van der Waals surface area contributed by atoms with E-state index in [2.05, 4.69) is 39.5 Å². The molecule has 0 spiro atoms. The Kier molecular flexibility index (Phi) is 11.9. The van der Waals surface area contributed by atoms with Crippen LogP contribution in [0.1, 0.15) is 81.1 Å². The summed E-state index contributed by atoms with van der Waals surface area (Å²) in [4.78, 5) is 13.6. The van der Waals surface area contributed by atoms with Crippen LogP contribution >= 0.6 is 0 Å². The highest BCUT2D eigenvalue weighted by molar-refractivity contribution is 5.93. The number of aliphatic hydroxyl groups excluding tert-OH is 2. The standard InChI is InChI=1S/C21H32O5.C3H6.C2H6.C2H4.C2H2/c1-11-6-7-21(25)9-12-19(4)10-26-14(19)8-13(22)20(12,5)17(24)16(23)15(11)18(21,2)3;1-3-2;3*1-2/h12-14,16,22-23,25H,6-10H2,1-5H3;3H,1H2,2H3;1-2H3;1-2H2;1-2H/t12?,13-,14+,16?,19-,20-,21+;;;;/m0..../s1. The zero-order valence-corrected chi connectivity index (χ0v) is 23.4. The van der Waals surface area contributed by atoms with E-state index in [1.807, 2.05) is 41.5 Å². The van der Waals surface area contributed by atoms with Crippen molar-refractivity contribution in [3.05, 3.63) is 37.0 Å². The van der Waals surface area contributed by atoms with Crippen LogP contribution < -0.4 is 0 Å². The number of rotatable bonds is 0. The fourth-order valence-electron chi connectivity index (χ4n) is 6.59. The summed E-state index contributed by atoms with van der Waals surface area (Å²) in [5, 5.41) is 33.8. The van der Waals surface area contributed by atoms with Crippen LogP contribution in [0, 0.1) is 35.0 Å². The van der Waals surface area contributed by atoms with Gasteiger partial charge in [0.25, 0.3) is 0 Å². The number of ether oxygens (including phenoxy) is 1. The molecular formula is C30H50O5. The lowest BCUT2D eigenvalue weighted by Crippen LogP contribution is -2.72. The van der Waals surface area contributed by atoms with Gasteiger partial charge in [0, 0.05) is 17.3 Å². The van der Waals surface area contributed by atoms with Gasteiger partial charge >= 0.3 is 0 Å². The molecular weight excluding hydrogens is 440 g/mol. The second-order valence-electron chi connectivity index (χ2n) is 10.6. The van der Waals surface area contributed by atoms with Crippen molar-refractivity contribution >= 4 is 5.78 Å². The minimum atomic E-state index is -1.28. The van der Waals surface area contributed by atoms with Crippen molar-refractivity contribution in [2.45, 2.75) is 105 Å². The fourth-order valence-corrected chi connectivity index (χ4v) is 6.59. The number of fused-ring (bicyclic) bond motifs is 5. The van der Waals surface area contributed by atoms with Gasteiger partial charge in [-0.05, 0) is 51.5 Å². The molecule has 0 radical (unpaired) electrons. The summed E-state index contributed by atoms with van der Waals surface area (Å²) in [6.07, 6.45) is 9.65. The van der Waals surface area contributed by atoms with Crippen molar-refractivity contribution in [2.24, 2.45) is 22.2 Å². The number of aliphatic hydroxyl groups is 3. The maximum Gasteiger partial charge on any atom is 0.174 e. The molecule has 0 aromatic carbocycles. The van der Waals surface area contributed by atoms with Crippen molar-refractivity contribution in [1.82, 2.24) is 0 Å². The van der Waals surface area contributed by atoms with E-state index in [0.717, 1.165) is 5.57 Å². The van der Waals surface area contributed by atoms with E-state index >= 15 is 0 Å². The Morgan fingerprint density at radius 3 is 2.03 bits per heavy atom. The van der Waals surface area contributed by atoms with Crippen LogP contribution in [0.4, 0.5) is 0 Å². The number of hydrogen-bond acceptors (Lipinski definition) is 5. The highest BCUT2D eigenvalue weighted by Gasteiger charge is 2.69. The van der Waals surface area contributed by atoms with Gasteiger partial charge in [-0.25, -0.2) is 0 Å². The summed E-state index contributed by atoms with van der Waals surface area (Å²) in [5.41, 5.74) is -1.41. The molecule has 2 bridgehead atoms. The zero-order valence-electron chi connectivity index (χ0n) is 23.4. The average molecular weight is 491 g/mol. The minimum absolute atomic E-state index is 0.0907. The number of carbonyl (C=O) groups is 1. The van der Waals surface area contributed by atoms with Gasteiger partial charge < -0.3 is 20.1 Å².